The van der Waals surface area contributed by atoms with Crippen molar-refractivity contribution in [3.8, 4) is 0 Å². The van der Waals surface area contributed by atoms with Gasteiger partial charge in [-0.2, -0.15) is 0 Å². The molecule has 0 saturated carbocycles. The fraction of sp³-hybridized carbons (Fsp3) is 0.300. The third-order valence-electron chi connectivity index (χ3n) is 3.94. The SMILES string of the molecule is C=C(C(=O)NCc1ccc(NS(C)(=O)=O)c(Cl)c1)c1ccc(C(C)(C)C)nc1. The van der Waals surface area contributed by atoms with Crippen molar-refractivity contribution in [3.05, 3.63) is 65.0 Å². The summed E-state index contributed by atoms with van der Waals surface area (Å²) in [5.41, 5.74) is 2.84. The van der Waals surface area contributed by atoms with Crippen LogP contribution in [0, 0.1) is 0 Å². The van der Waals surface area contributed by atoms with Crippen molar-refractivity contribution < 1.29 is 13.2 Å². The van der Waals surface area contributed by atoms with Gasteiger partial charge in [0.1, 0.15) is 0 Å². The van der Waals surface area contributed by atoms with E-state index in [-0.39, 0.29) is 28.6 Å². The third kappa shape index (κ3) is 6.07. The first-order chi connectivity index (χ1) is 12.9. The summed E-state index contributed by atoms with van der Waals surface area (Å²) in [7, 11) is -3.41. The Morgan fingerprint density at radius 3 is 2.39 bits per heavy atom. The number of nitrogens with one attached hydrogen (secondary N) is 2. The van der Waals surface area contributed by atoms with Crippen molar-refractivity contribution in [2.75, 3.05) is 11.0 Å². The maximum atomic E-state index is 12.4. The summed E-state index contributed by atoms with van der Waals surface area (Å²) >= 11 is 6.10. The zero-order valence-electron chi connectivity index (χ0n) is 16.3. The molecule has 0 bridgehead atoms. The summed E-state index contributed by atoms with van der Waals surface area (Å²) in [5.74, 6) is -0.320. The Morgan fingerprint density at radius 2 is 1.89 bits per heavy atom. The van der Waals surface area contributed by atoms with Gasteiger partial charge in [0.15, 0.2) is 0 Å². The molecule has 0 fully saturated rings. The van der Waals surface area contributed by atoms with Gasteiger partial charge in [0.2, 0.25) is 10.0 Å². The quantitative estimate of drug-likeness (QED) is 0.695. The summed E-state index contributed by atoms with van der Waals surface area (Å²) in [6, 6.07) is 8.55. The molecule has 1 aromatic heterocycles. The smallest absolute Gasteiger partial charge is 0.251 e. The van der Waals surface area contributed by atoms with E-state index in [1.165, 1.54) is 0 Å². The second-order valence-corrected chi connectivity index (χ2v) is 9.69. The van der Waals surface area contributed by atoms with Crippen LogP contribution in [0.25, 0.3) is 5.57 Å². The summed E-state index contributed by atoms with van der Waals surface area (Å²) in [6.07, 6.45) is 2.69. The van der Waals surface area contributed by atoms with Crippen LogP contribution in [0.15, 0.2) is 43.1 Å². The van der Waals surface area contributed by atoms with Gasteiger partial charge in [-0.15, -0.1) is 0 Å². The van der Waals surface area contributed by atoms with Gasteiger partial charge in [0.05, 0.1) is 17.0 Å². The van der Waals surface area contributed by atoms with Crippen LogP contribution in [-0.4, -0.2) is 25.6 Å². The lowest BCUT2D eigenvalue weighted by atomic mass is 9.91. The fourth-order valence-electron chi connectivity index (χ4n) is 2.39. The number of rotatable bonds is 6. The van der Waals surface area contributed by atoms with Crippen molar-refractivity contribution >= 4 is 38.8 Å². The molecule has 1 heterocycles. The van der Waals surface area contributed by atoms with Gasteiger partial charge >= 0.3 is 0 Å². The molecule has 0 radical (unpaired) electrons. The zero-order valence-corrected chi connectivity index (χ0v) is 17.9. The molecule has 1 aromatic carbocycles. The van der Waals surface area contributed by atoms with E-state index in [0.717, 1.165) is 17.5 Å². The Balaban J connectivity index is 2.01. The Hall–Kier alpha value is -2.38. The number of pyridine rings is 1. The number of aromatic nitrogens is 1. The summed E-state index contributed by atoms with van der Waals surface area (Å²) in [6.45, 7) is 10.3. The molecule has 0 atom stereocenters. The van der Waals surface area contributed by atoms with E-state index >= 15 is 0 Å². The van der Waals surface area contributed by atoms with E-state index < -0.39 is 10.0 Å². The Morgan fingerprint density at radius 1 is 1.21 bits per heavy atom. The number of halogens is 1. The van der Waals surface area contributed by atoms with E-state index in [2.05, 4.69) is 42.4 Å². The molecule has 6 nitrogen and oxygen atoms in total. The molecule has 2 rings (SSSR count). The van der Waals surface area contributed by atoms with E-state index in [0.29, 0.717) is 11.1 Å². The molecule has 0 unspecified atom stereocenters. The van der Waals surface area contributed by atoms with Crippen molar-refractivity contribution in [3.63, 3.8) is 0 Å². The first kappa shape index (κ1) is 21.9. The van der Waals surface area contributed by atoms with Crippen LogP contribution < -0.4 is 10.0 Å². The first-order valence-corrected chi connectivity index (χ1v) is 10.8. The molecule has 1 amide bonds. The highest BCUT2D eigenvalue weighted by atomic mass is 35.5. The monoisotopic (exact) mass is 421 g/mol. The second kappa shape index (κ2) is 8.32. The first-order valence-electron chi connectivity index (χ1n) is 8.57. The van der Waals surface area contributed by atoms with Crippen LogP contribution in [0.1, 0.15) is 37.6 Å². The van der Waals surface area contributed by atoms with Crippen LogP contribution in [0.4, 0.5) is 5.69 Å². The number of sulfonamides is 1. The fourth-order valence-corrected chi connectivity index (χ4v) is 3.27. The highest BCUT2D eigenvalue weighted by Crippen LogP contribution is 2.24. The van der Waals surface area contributed by atoms with Crippen LogP contribution in [-0.2, 0) is 26.8 Å². The van der Waals surface area contributed by atoms with Crippen molar-refractivity contribution in [2.45, 2.75) is 32.7 Å². The predicted molar refractivity (Wildman–Crippen MR) is 114 cm³/mol. The Kier molecular flexibility index (Phi) is 6.52. The average Bonchev–Trinajstić information content (AvgIpc) is 2.59. The van der Waals surface area contributed by atoms with Crippen molar-refractivity contribution in [1.82, 2.24) is 10.3 Å². The van der Waals surface area contributed by atoms with Gasteiger partial charge in [-0.25, -0.2) is 8.42 Å². The lowest BCUT2D eigenvalue weighted by Crippen LogP contribution is -2.23. The predicted octanol–water partition coefficient (Wildman–Crippen LogP) is 3.73. The standard InChI is InChI=1S/C20H24ClN3O3S/c1-13(15-7-9-18(22-12-15)20(2,3)4)19(25)23-11-14-6-8-17(16(21)10-14)24-28(5,26)27/h6-10,12,24H,1,11H2,2-5H3,(H,23,25). The lowest BCUT2D eigenvalue weighted by molar-refractivity contribution is -0.115. The molecular formula is C20H24ClN3O3S. The van der Waals surface area contributed by atoms with Crippen LogP contribution in [0.2, 0.25) is 5.02 Å². The summed E-state index contributed by atoms with van der Waals surface area (Å²) in [5, 5.41) is 3.02. The van der Waals surface area contributed by atoms with E-state index in [4.69, 9.17) is 11.6 Å². The highest BCUT2D eigenvalue weighted by Gasteiger charge is 2.16. The molecule has 0 aliphatic rings. The van der Waals surface area contributed by atoms with Gasteiger partial charge in [-0.1, -0.05) is 51.1 Å². The molecule has 8 heteroatoms. The number of carbonyl (C=O) groups excluding carboxylic acids is 1. The van der Waals surface area contributed by atoms with Gasteiger partial charge in [0, 0.05) is 35.0 Å². The summed E-state index contributed by atoms with van der Waals surface area (Å²) in [4.78, 5) is 16.8. The van der Waals surface area contributed by atoms with Crippen LogP contribution in [0.3, 0.4) is 0 Å². The second-order valence-electron chi connectivity index (χ2n) is 7.53. The number of hydrogen-bond donors (Lipinski definition) is 2. The van der Waals surface area contributed by atoms with Gasteiger partial charge in [0.25, 0.3) is 5.91 Å². The van der Waals surface area contributed by atoms with E-state index in [1.54, 1.807) is 24.4 Å². The number of anilines is 1. The minimum Gasteiger partial charge on any atom is -0.348 e. The number of hydrogen-bond acceptors (Lipinski definition) is 4. The number of amides is 1. The zero-order chi connectivity index (χ0) is 21.1. The van der Waals surface area contributed by atoms with Crippen molar-refractivity contribution in [1.29, 1.82) is 0 Å². The molecule has 0 aliphatic heterocycles. The highest BCUT2D eigenvalue weighted by molar-refractivity contribution is 7.92. The normalized spacial score (nSPS) is 11.8. The molecule has 0 saturated heterocycles. The van der Waals surface area contributed by atoms with E-state index in [1.807, 2.05) is 12.1 Å². The maximum absolute atomic E-state index is 12.4. The van der Waals surface area contributed by atoms with Gasteiger partial charge in [-0.3, -0.25) is 14.5 Å². The maximum Gasteiger partial charge on any atom is 0.251 e. The molecular weight excluding hydrogens is 398 g/mol. The molecule has 2 N–H and O–H groups in total. The Bertz CT molecular complexity index is 994. The third-order valence-corrected chi connectivity index (χ3v) is 4.84. The molecule has 0 aliphatic carbocycles. The van der Waals surface area contributed by atoms with Gasteiger partial charge in [-0.05, 0) is 23.8 Å². The lowest BCUT2D eigenvalue weighted by Gasteiger charge is -2.17. The number of nitrogens with zero attached hydrogens (tertiary/aromatic N) is 1. The minimum absolute atomic E-state index is 0.0699. The van der Waals surface area contributed by atoms with Crippen LogP contribution >= 0.6 is 11.6 Å². The van der Waals surface area contributed by atoms with Gasteiger partial charge < -0.3 is 5.32 Å². The Labute approximate surface area is 171 Å². The minimum atomic E-state index is -3.41. The topological polar surface area (TPSA) is 88.2 Å². The van der Waals surface area contributed by atoms with E-state index in [9.17, 15) is 13.2 Å². The molecule has 0 spiro atoms. The average molecular weight is 422 g/mol. The van der Waals surface area contributed by atoms with Crippen LogP contribution in [0.5, 0.6) is 0 Å². The number of carbonyl (C=O) groups is 1. The van der Waals surface area contributed by atoms with Crippen molar-refractivity contribution in [2.24, 2.45) is 0 Å². The molecule has 150 valence electrons. The molecule has 2 aromatic rings. The largest absolute Gasteiger partial charge is 0.348 e. The number of benzene rings is 1. The summed E-state index contributed by atoms with van der Waals surface area (Å²) < 4.78 is 24.9. The molecule has 28 heavy (non-hydrogen) atoms.